The van der Waals surface area contributed by atoms with Crippen LogP contribution in [0.25, 0.3) is 22.4 Å². The normalized spacial score (nSPS) is 14.7. The van der Waals surface area contributed by atoms with E-state index in [-0.39, 0.29) is 12.5 Å². The first-order chi connectivity index (χ1) is 13.6. The van der Waals surface area contributed by atoms with Gasteiger partial charge in [-0.3, -0.25) is 4.79 Å². The van der Waals surface area contributed by atoms with Crippen LogP contribution >= 0.6 is 11.6 Å². The maximum Gasteiger partial charge on any atom is 0.248 e. The van der Waals surface area contributed by atoms with Crippen LogP contribution in [-0.4, -0.2) is 65.2 Å². The molecule has 7 nitrogen and oxygen atoms in total. The second-order valence-corrected chi connectivity index (χ2v) is 7.21. The zero-order valence-corrected chi connectivity index (χ0v) is 16.7. The van der Waals surface area contributed by atoms with E-state index < -0.39 is 0 Å². The lowest BCUT2D eigenvalue weighted by molar-refractivity contribution is -0.135. The number of hydrogen-bond donors (Lipinski definition) is 0. The third kappa shape index (κ3) is 3.43. The number of nitrogens with zero attached hydrogens (tertiary/aromatic N) is 5. The second-order valence-electron chi connectivity index (χ2n) is 6.81. The highest BCUT2D eigenvalue weighted by Gasteiger charge is 2.23. The van der Waals surface area contributed by atoms with Gasteiger partial charge in [-0.1, -0.05) is 23.7 Å². The van der Waals surface area contributed by atoms with Crippen molar-refractivity contribution < 1.29 is 9.53 Å². The number of halogens is 1. The van der Waals surface area contributed by atoms with Crippen molar-refractivity contribution in [2.75, 3.05) is 44.8 Å². The molecule has 1 aliphatic rings. The predicted molar refractivity (Wildman–Crippen MR) is 110 cm³/mol. The Kier molecular flexibility index (Phi) is 5.19. The Bertz CT molecular complexity index is 1010. The molecule has 4 rings (SSSR count). The number of hydrogen-bond acceptors (Lipinski definition) is 5. The minimum absolute atomic E-state index is 0.0200. The van der Waals surface area contributed by atoms with Crippen molar-refractivity contribution in [3.63, 3.8) is 0 Å². The molecule has 0 bridgehead atoms. The number of aryl methyl sites for hydroxylation is 1. The van der Waals surface area contributed by atoms with Crippen LogP contribution in [-0.2, 0) is 16.6 Å². The average molecular weight is 400 g/mol. The number of ether oxygens (including phenoxy) is 1. The highest BCUT2D eigenvalue weighted by atomic mass is 35.5. The largest absolute Gasteiger partial charge is 0.375 e. The molecule has 3 heterocycles. The molecular formula is C20H22ClN5O2. The number of piperazine rings is 1. The topological polar surface area (TPSA) is 63.5 Å². The fraction of sp³-hybridized carbons (Fsp3) is 0.350. The molecule has 8 heteroatoms. The molecule has 1 amide bonds. The quantitative estimate of drug-likeness (QED) is 0.674. The fourth-order valence-corrected chi connectivity index (χ4v) is 3.75. The molecule has 0 spiro atoms. The van der Waals surface area contributed by atoms with E-state index in [1.807, 2.05) is 46.8 Å². The van der Waals surface area contributed by atoms with E-state index in [1.165, 1.54) is 7.11 Å². The highest BCUT2D eigenvalue weighted by molar-refractivity contribution is 6.33. The fourth-order valence-electron chi connectivity index (χ4n) is 3.56. The minimum atomic E-state index is 0.0200. The van der Waals surface area contributed by atoms with E-state index in [4.69, 9.17) is 21.3 Å². The molecular weight excluding hydrogens is 378 g/mol. The van der Waals surface area contributed by atoms with Crippen molar-refractivity contribution in [1.82, 2.24) is 19.4 Å². The molecule has 1 saturated heterocycles. The number of carbonyl (C=O) groups is 1. The smallest absolute Gasteiger partial charge is 0.248 e. The van der Waals surface area contributed by atoms with E-state index >= 15 is 0 Å². The summed E-state index contributed by atoms with van der Waals surface area (Å²) in [5, 5.41) is 0.566. The summed E-state index contributed by atoms with van der Waals surface area (Å²) in [6, 6.07) is 9.99. The summed E-state index contributed by atoms with van der Waals surface area (Å²) in [5.74, 6) is 1.67. The second kappa shape index (κ2) is 7.77. The van der Waals surface area contributed by atoms with Gasteiger partial charge in [-0.2, -0.15) is 0 Å². The van der Waals surface area contributed by atoms with Crippen LogP contribution in [0.1, 0.15) is 0 Å². The molecule has 0 N–H and O–H groups in total. The number of fused-ring (bicyclic) bond motifs is 1. The van der Waals surface area contributed by atoms with E-state index in [1.54, 1.807) is 6.20 Å². The Hall–Kier alpha value is -2.64. The Labute approximate surface area is 168 Å². The number of benzene rings is 1. The van der Waals surface area contributed by atoms with Gasteiger partial charge in [-0.25, -0.2) is 9.97 Å². The van der Waals surface area contributed by atoms with E-state index in [0.29, 0.717) is 31.2 Å². The number of imidazole rings is 1. The number of rotatable bonds is 4. The summed E-state index contributed by atoms with van der Waals surface area (Å²) < 4.78 is 6.98. The third-order valence-corrected chi connectivity index (χ3v) is 5.39. The summed E-state index contributed by atoms with van der Waals surface area (Å²) in [4.78, 5) is 25.2. The van der Waals surface area contributed by atoms with Crippen molar-refractivity contribution in [3.8, 4) is 11.4 Å². The molecule has 1 aromatic carbocycles. The van der Waals surface area contributed by atoms with Crippen LogP contribution < -0.4 is 4.90 Å². The number of aromatic nitrogens is 3. The lowest BCUT2D eigenvalue weighted by Gasteiger charge is -2.35. The van der Waals surface area contributed by atoms with Gasteiger partial charge in [-0.15, -0.1) is 0 Å². The molecule has 146 valence electrons. The lowest BCUT2D eigenvalue weighted by Crippen LogP contribution is -2.50. The lowest BCUT2D eigenvalue weighted by atomic mass is 10.2. The summed E-state index contributed by atoms with van der Waals surface area (Å²) in [5.41, 5.74) is 2.83. The molecule has 1 fully saturated rings. The van der Waals surface area contributed by atoms with Gasteiger partial charge in [0, 0.05) is 52.1 Å². The SMILES string of the molecule is COCC(=O)N1CCN(c2cc(-c3nc4ccccc4n3C)c(Cl)cn2)CC1. The molecule has 0 unspecified atom stereocenters. The van der Waals surface area contributed by atoms with Crippen LogP contribution in [0.15, 0.2) is 36.5 Å². The Morgan fingerprint density at radius 1 is 1.21 bits per heavy atom. The molecule has 0 atom stereocenters. The van der Waals surface area contributed by atoms with E-state index in [2.05, 4.69) is 9.88 Å². The summed E-state index contributed by atoms with van der Waals surface area (Å²) in [6.07, 6.45) is 1.67. The molecule has 0 aliphatic carbocycles. The predicted octanol–water partition coefficient (Wildman–Crippen LogP) is 2.58. The van der Waals surface area contributed by atoms with E-state index in [9.17, 15) is 4.79 Å². The van der Waals surface area contributed by atoms with E-state index in [0.717, 1.165) is 28.2 Å². The van der Waals surface area contributed by atoms with Gasteiger partial charge < -0.3 is 19.1 Å². The van der Waals surface area contributed by atoms with Gasteiger partial charge in [0.1, 0.15) is 18.2 Å². The average Bonchev–Trinajstić information content (AvgIpc) is 3.05. The van der Waals surface area contributed by atoms with Crippen LogP contribution in [0.4, 0.5) is 5.82 Å². The van der Waals surface area contributed by atoms with Crippen LogP contribution in [0.5, 0.6) is 0 Å². The Morgan fingerprint density at radius 3 is 2.68 bits per heavy atom. The number of pyridine rings is 1. The van der Waals surface area contributed by atoms with Crippen molar-refractivity contribution in [3.05, 3.63) is 41.6 Å². The minimum Gasteiger partial charge on any atom is -0.375 e. The molecule has 1 aliphatic heterocycles. The maximum atomic E-state index is 12.0. The zero-order chi connectivity index (χ0) is 19.7. The van der Waals surface area contributed by atoms with Crippen molar-refractivity contribution in [2.45, 2.75) is 0 Å². The van der Waals surface area contributed by atoms with Gasteiger partial charge in [0.15, 0.2) is 0 Å². The summed E-state index contributed by atoms with van der Waals surface area (Å²) in [7, 11) is 3.52. The van der Waals surface area contributed by atoms with Crippen LogP contribution in [0, 0.1) is 0 Å². The summed E-state index contributed by atoms with van der Waals surface area (Å²) >= 11 is 6.47. The van der Waals surface area contributed by atoms with Crippen LogP contribution in [0.2, 0.25) is 5.02 Å². The van der Waals surface area contributed by atoms with Gasteiger partial charge in [-0.05, 0) is 18.2 Å². The van der Waals surface area contributed by atoms with Crippen molar-refractivity contribution in [2.24, 2.45) is 7.05 Å². The number of para-hydroxylation sites is 2. The number of anilines is 1. The van der Waals surface area contributed by atoms with Crippen molar-refractivity contribution >= 4 is 34.4 Å². The van der Waals surface area contributed by atoms with Gasteiger partial charge >= 0.3 is 0 Å². The standard InChI is InChI=1S/C20H22ClN5O2/c1-24-17-6-4-3-5-16(17)23-20(24)14-11-18(22-12-15(14)21)25-7-9-26(10-8-25)19(27)13-28-2/h3-6,11-12H,7-10,13H2,1-2H3. The Balaban J connectivity index is 1.60. The van der Waals surface area contributed by atoms with Crippen LogP contribution in [0.3, 0.4) is 0 Å². The first-order valence-corrected chi connectivity index (χ1v) is 9.55. The molecule has 3 aromatic rings. The Morgan fingerprint density at radius 2 is 1.96 bits per heavy atom. The molecule has 0 radical (unpaired) electrons. The van der Waals surface area contributed by atoms with Crippen molar-refractivity contribution in [1.29, 1.82) is 0 Å². The monoisotopic (exact) mass is 399 g/mol. The molecule has 28 heavy (non-hydrogen) atoms. The third-order valence-electron chi connectivity index (χ3n) is 5.09. The highest BCUT2D eigenvalue weighted by Crippen LogP contribution is 2.31. The first-order valence-electron chi connectivity index (χ1n) is 9.17. The zero-order valence-electron chi connectivity index (χ0n) is 15.9. The number of carbonyl (C=O) groups excluding carboxylic acids is 1. The summed E-state index contributed by atoms with van der Waals surface area (Å²) in [6.45, 7) is 2.84. The number of amides is 1. The van der Waals surface area contributed by atoms with Gasteiger partial charge in [0.2, 0.25) is 5.91 Å². The number of methoxy groups -OCH3 is 1. The molecule has 2 aromatic heterocycles. The van der Waals surface area contributed by atoms with Gasteiger partial charge in [0.05, 0.1) is 16.1 Å². The first kappa shape index (κ1) is 18.7. The maximum absolute atomic E-state index is 12.0. The molecule has 0 saturated carbocycles. The van der Waals surface area contributed by atoms with Gasteiger partial charge in [0.25, 0.3) is 0 Å².